The third-order valence-corrected chi connectivity index (χ3v) is 5.67. The van der Waals surface area contributed by atoms with Gasteiger partial charge in [-0.25, -0.2) is 0 Å². The number of fused-ring (bicyclic) bond motifs is 2. The van der Waals surface area contributed by atoms with Crippen LogP contribution >= 0.6 is 0 Å². The molecule has 0 bridgehead atoms. The molecule has 0 aromatic heterocycles. The van der Waals surface area contributed by atoms with E-state index >= 15 is 0 Å². The first-order chi connectivity index (χ1) is 12.5. The first-order valence-corrected chi connectivity index (χ1v) is 8.98. The summed E-state index contributed by atoms with van der Waals surface area (Å²) >= 11 is 0. The number of rotatable bonds is 4. The number of benzene rings is 2. The second kappa shape index (κ2) is 6.40. The molecule has 2 aliphatic rings. The van der Waals surface area contributed by atoms with Gasteiger partial charge in [-0.3, -0.25) is 0 Å². The third-order valence-electron chi connectivity index (χ3n) is 5.67. The van der Waals surface area contributed by atoms with E-state index in [-0.39, 0.29) is 0 Å². The predicted molar refractivity (Wildman–Crippen MR) is 99.2 cm³/mol. The summed E-state index contributed by atoms with van der Waals surface area (Å²) in [6, 6.07) is 10.9. The normalized spacial score (nSPS) is 19.8. The maximum absolute atomic E-state index is 5.63. The Morgan fingerprint density at radius 1 is 1.00 bits per heavy atom. The summed E-state index contributed by atoms with van der Waals surface area (Å²) in [4.78, 5) is 0. The summed E-state index contributed by atoms with van der Waals surface area (Å²) in [6.07, 6.45) is 1.99. The molecule has 26 heavy (non-hydrogen) atoms. The van der Waals surface area contributed by atoms with Gasteiger partial charge >= 0.3 is 0 Å². The fourth-order valence-corrected chi connectivity index (χ4v) is 4.06. The van der Waals surface area contributed by atoms with Crippen molar-refractivity contribution in [3.8, 4) is 23.0 Å². The van der Waals surface area contributed by atoms with Gasteiger partial charge in [-0.05, 0) is 35.4 Å². The fourth-order valence-electron chi connectivity index (χ4n) is 4.06. The Kier molecular flexibility index (Phi) is 4.19. The highest BCUT2D eigenvalue weighted by molar-refractivity contribution is 5.50. The van der Waals surface area contributed by atoms with Crippen molar-refractivity contribution < 1.29 is 23.4 Å². The van der Waals surface area contributed by atoms with Crippen LogP contribution in [0.15, 0.2) is 30.3 Å². The SMILES string of the molecule is COc1ccc(C[C@H]2c3cc4c(cc3CC[N+]2(C)C)OCO4)cc1OC. The van der Waals surface area contributed by atoms with E-state index in [0.717, 1.165) is 46.9 Å². The minimum Gasteiger partial charge on any atom is -0.493 e. The summed E-state index contributed by atoms with van der Waals surface area (Å²) in [7, 11) is 7.95. The van der Waals surface area contributed by atoms with Crippen LogP contribution in [0.25, 0.3) is 0 Å². The highest BCUT2D eigenvalue weighted by atomic mass is 16.7. The van der Waals surface area contributed by atoms with Gasteiger partial charge in [-0.2, -0.15) is 0 Å². The fraction of sp³-hybridized carbons (Fsp3) is 0.429. The number of nitrogens with zero attached hydrogens (tertiary/aromatic N) is 1. The summed E-state index contributed by atoms with van der Waals surface area (Å²) in [5, 5.41) is 0. The van der Waals surface area contributed by atoms with Gasteiger partial charge in [0.25, 0.3) is 0 Å². The minimum absolute atomic E-state index is 0.316. The first-order valence-electron chi connectivity index (χ1n) is 8.98. The lowest BCUT2D eigenvalue weighted by Crippen LogP contribution is -2.48. The maximum atomic E-state index is 5.63. The van der Waals surface area contributed by atoms with Crippen LogP contribution in [0.2, 0.25) is 0 Å². The molecule has 5 nitrogen and oxygen atoms in total. The molecule has 2 heterocycles. The molecule has 0 radical (unpaired) electrons. The van der Waals surface area contributed by atoms with Crippen LogP contribution in [0.5, 0.6) is 23.0 Å². The number of hydrogen-bond acceptors (Lipinski definition) is 4. The zero-order chi connectivity index (χ0) is 18.3. The molecule has 0 fully saturated rings. The van der Waals surface area contributed by atoms with Gasteiger partial charge in [0.2, 0.25) is 6.79 Å². The molecule has 4 rings (SSSR count). The van der Waals surface area contributed by atoms with Gasteiger partial charge in [0.05, 0.1) is 34.9 Å². The number of quaternary nitrogens is 1. The van der Waals surface area contributed by atoms with Crippen molar-refractivity contribution in [3.63, 3.8) is 0 Å². The molecule has 0 spiro atoms. The van der Waals surface area contributed by atoms with Crippen LogP contribution in [-0.4, -0.2) is 46.1 Å². The molecule has 0 unspecified atom stereocenters. The molecule has 0 N–H and O–H groups in total. The maximum Gasteiger partial charge on any atom is 0.231 e. The summed E-state index contributed by atoms with van der Waals surface area (Å²) in [5.41, 5.74) is 3.97. The Balaban J connectivity index is 1.71. The van der Waals surface area contributed by atoms with E-state index in [1.165, 1.54) is 16.7 Å². The van der Waals surface area contributed by atoms with Gasteiger partial charge in [-0.15, -0.1) is 0 Å². The van der Waals surface area contributed by atoms with Crippen LogP contribution in [-0.2, 0) is 12.8 Å². The topological polar surface area (TPSA) is 36.9 Å². The summed E-state index contributed by atoms with van der Waals surface area (Å²) in [6.45, 7) is 1.42. The Bertz CT molecular complexity index is 831. The highest BCUT2D eigenvalue weighted by Crippen LogP contribution is 2.43. The monoisotopic (exact) mass is 356 g/mol. The molecule has 0 saturated carbocycles. The van der Waals surface area contributed by atoms with Gasteiger partial charge in [0.15, 0.2) is 23.0 Å². The number of methoxy groups -OCH3 is 2. The van der Waals surface area contributed by atoms with E-state index in [0.29, 0.717) is 12.8 Å². The molecule has 2 aromatic rings. The Labute approximate surface area is 154 Å². The Morgan fingerprint density at radius 2 is 1.73 bits per heavy atom. The zero-order valence-electron chi connectivity index (χ0n) is 15.9. The van der Waals surface area contributed by atoms with Crippen molar-refractivity contribution in [3.05, 3.63) is 47.0 Å². The van der Waals surface area contributed by atoms with Crippen molar-refractivity contribution in [2.24, 2.45) is 0 Å². The quantitative estimate of drug-likeness (QED) is 0.788. The van der Waals surface area contributed by atoms with E-state index < -0.39 is 0 Å². The molecule has 0 saturated heterocycles. The summed E-state index contributed by atoms with van der Waals surface area (Å²) < 4.78 is 23.0. The summed E-state index contributed by atoms with van der Waals surface area (Å²) in [5.74, 6) is 3.28. The number of likely N-dealkylation sites (N-methyl/N-ethyl adjacent to an activating group) is 1. The van der Waals surface area contributed by atoms with Crippen molar-refractivity contribution in [2.45, 2.75) is 18.9 Å². The average molecular weight is 356 g/mol. The van der Waals surface area contributed by atoms with Crippen LogP contribution in [0, 0.1) is 0 Å². The van der Waals surface area contributed by atoms with Gasteiger partial charge < -0.3 is 23.4 Å². The van der Waals surface area contributed by atoms with Crippen LogP contribution in [0.4, 0.5) is 0 Å². The number of hydrogen-bond donors (Lipinski definition) is 0. The van der Waals surface area contributed by atoms with Gasteiger partial charge in [0.1, 0.15) is 6.04 Å². The predicted octanol–water partition coefficient (Wildman–Crippen LogP) is 3.35. The molecular weight excluding hydrogens is 330 g/mol. The lowest BCUT2D eigenvalue weighted by atomic mass is 9.87. The van der Waals surface area contributed by atoms with Crippen molar-refractivity contribution in [1.82, 2.24) is 0 Å². The standard InChI is InChI=1S/C21H26NO4/c1-22(2)8-7-15-11-20-21(26-13-25-20)12-16(15)17(22)9-14-5-6-18(23-3)19(10-14)24-4/h5-6,10-12,17H,7-9,13H2,1-4H3/q+1/t17-/m0/s1. The minimum atomic E-state index is 0.316. The largest absolute Gasteiger partial charge is 0.493 e. The van der Waals surface area contributed by atoms with Crippen LogP contribution < -0.4 is 18.9 Å². The lowest BCUT2D eigenvalue weighted by molar-refractivity contribution is -0.923. The Morgan fingerprint density at radius 3 is 2.46 bits per heavy atom. The molecule has 5 heteroatoms. The molecular formula is C21H26NO4+. The zero-order valence-corrected chi connectivity index (χ0v) is 15.9. The van der Waals surface area contributed by atoms with Crippen molar-refractivity contribution in [2.75, 3.05) is 41.7 Å². The second-order valence-electron chi connectivity index (χ2n) is 7.57. The molecule has 2 aromatic carbocycles. The lowest BCUT2D eigenvalue weighted by Gasteiger charge is -2.43. The molecule has 2 aliphatic heterocycles. The highest BCUT2D eigenvalue weighted by Gasteiger charge is 2.37. The molecule has 1 atom stereocenters. The Hall–Kier alpha value is -2.40. The first kappa shape index (κ1) is 17.0. The molecule has 0 aliphatic carbocycles. The van der Waals surface area contributed by atoms with Gasteiger partial charge in [-0.1, -0.05) is 6.07 Å². The third kappa shape index (κ3) is 2.86. The second-order valence-corrected chi connectivity index (χ2v) is 7.57. The smallest absolute Gasteiger partial charge is 0.231 e. The van der Waals surface area contributed by atoms with Crippen LogP contribution in [0.3, 0.4) is 0 Å². The van der Waals surface area contributed by atoms with E-state index in [1.54, 1.807) is 14.2 Å². The van der Waals surface area contributed by atoms with E-state index in [1.807, 2.05) is 6.07 Å². The van der Waals surface area contributed by atoms with Crippen molar-refractivity contribution >= 4 is 0 Å². The van der Waals surface area contributed by atoms with E-state index in [9.17, 15) is 0 Å². The van der Waals surface area contributed by atoms with E-state index in [4.69, 9.17) is 18.9 Å². The average Bonchev–Trinajstić information content (AvgIpc) is 3.10. The van der Waals surface area contributed by atoms with Crippen molar-refractivity contribution in [1.29, 1.82) is 0 Å². The molecule has 138 valence electrons. The van der Waals surface area contributed by atoms with E-state index in [2.05, 4.69) is 38.4 Å². The van der Waals surface area contributed by atoms with Crippen LogP contribution in [0.1, 0.15) is 22.7 Å². The molecule has 0 amide bonds. The number of ether oxygens (including phenoxy) is 4. The van der Waals surface area contributed by atoms with Gasteiger partial charge in [0, 0.05) is 18.4 Å².